The fraction of sp³-hybridized carbons (Fsp3) is 0.0303. The van der Waals surface area contributed by atoms with Gasteiger partial charge in [0, 0.05) is 28.3 Å². The molecule has 310 valence electrons. The summed E-state index contributed by atoms with van der Waals surface area (Å²) in [7, 11) is -16.9. The summed E-state index contributed by atoms with van der Waals surface area (Å²) in [5.74, 6) is -1.55. The van der Waals surface area contributed by atoms with Crippen molar-refractivity contribution < 1.29 is 68.2 Å². The number of anilines is 1. The molecule has 6 aromatic carbocycles. The minimum absolute atomic E-state index is 0.0407. The summed E-state index contributed by atoms with van der Waals surface area (Å²) < 4.78 is 131. The molecule has 0 aliphatic carbocycles. The van der Waals surface area contributed by atoms with E-state index < -0.39 is 79.5 Å². The number of hydrogen-bond donors (Lipinski definition) is 11. The lowest BCUT2D eigenvalue weighted by Crippen LogP contribution is -2.03. The normalized spacial score (nSPS) is 13.6. The Kier molecular flexibility index (Phi) is 11.4. The Morgan fingerprint density at radius 3 is 1.69 bits per heavy atom. The number of rotatable bonds is 11. The number of nitrogens with two attached hydrogens (primary N) is 1. The van der Waals surface area contributed by atoms with Crippen LogP contribution in [0.4, 0.5) is 39.8 Å². The number of nitrogens with zero attached hydrogens (tertiary/aromatic N) is 6. The number of azo groups is 3. The van der Waals surface area contributed by atoms with E-state index in [4.69, 9.17) is 10.5 Å². The topological polar surface area (TPSA) is 380 Å². The van der Waals surface area contributed by atoms with E-state index in [1.807, 2.05) is 0 Å². The van der Waals surface area contributed by atoms with Crippen molar-refractivity contribution >= 4 is 103 Å². The van der Waals surface area contributed by atoms with Gasteiger partial charge < -0.3 is 48.0 Å². The molecule has 22 nitrogen and oxygen atoms in total. The van der Waals surface area contributed by atoms with Gasteiger partial charge >= 0.3 is 0 Å². The molecule has 26 heteroatoms. The fourth-order valence-corrected chi connectivity index (χ4v) is 7.76. The second kappa shape index (κ2) is 15.7. The van der Waals surface area contributed by atoms with Gasteiger partial charge in [0.15, 0.2) is 5.75 Å². The van der Waals surface area contributed by atoms with Crippen LogP contribution in [0.2, 0.25) is 0 Å². The SMILES string of the molecule is COc1cc(N=Nc2c(S(O)(O)O)cc3cc(S(=O)(=O)O)c(N)cc3c2O)c(O)cc1N=Nc1ccc(N=Nc2ccc(S(O)(O)O)cc2)c2ccc(S(=O)(=O)O)cc12. The van der Waals surface area contributed by atoms with Crippen LogP contribution in [0.25, 0.3) is 21.5 Å². The molecule has 0 saturated heterocycles. The number of benzene rings is 6. The zero-order chi connectivity index (χ0) is 43.2. The molecular weight excluding hydrogens is 863 g/mol. The van der Waals surface area contributed by atoms with Crippen LogP contribution in [-0.4, -0.2) is 70.6 Å². The van der Waals surface area contributed by atoms with Gasteiger partial charge in [0.25, 0.3) is 20.2 Å². The highest BCUT2D eigenvalue weighted by atomic mass is 32.3. The number of phenols is 2. The van der Waals surface area contributed by atoms with Crippen molar-refractivity contribution in [2.45, 2.75) is 19.6 Å². The first-order chi connectivity index (χ1) is 27.4. The lowest BCUT2D eigenvalue weighted by molar-refractivity contribution is 0.373. The van der Waals surface area contributed by atoms with Crippen molar-refractivity contribution in [3.05, 3.63) is 84.9 Å². The molecule has 6 aromatic rings. The Morgan fingerprint density at radius 2 is 1.10 bits per heavy atom. The summed E-state index contributed by atoms with van der Waals surface area (Å²) in [5, 5.41) is 46.1. The molecule has 0 radical (unpaired) electrons. The van der Waals surface area contributed by atoms with Gasteiger partial charge in [-0.1, -0.05) is 6.07 Å². The van der Waals surface area contributed by atoms with Crippen LogP contribution < -0.4 is 10.5 Å². The lowest BCUT2D eigenvalue weighted by atomic mass is 10.1. The van der Waals surface area contributed by atoms with Crippen LogP contribution in [0.1, 0.15) is 0 Å². The summed E-state index contributed by atoms with van der Waals surface area (Å²) in [6.07, 6.45) is 0. The van der Waals surface area contributed by atoms with Gasteiger partial charge in [-0.25, -0.2) is 0 Å². The number of phenolic OH excluding ortho intramolecular Hbond substituents is 2. The van der Waals surface area contributed by atoms with Gasteiger partial charge in [-0.15, -0.1) is 25.6 Å². The van der Waals surface area contributed by atoms with E-state index in [0.717, 1.165) is 42.5 Å². The van der Waals surface area contributed by atoms with Crippen LogP contribution >= 0.6 is 21.7 Å². The number of hydrogen-bond acceptors (Lipinski definition) is 20. The molecule has 6 rings (SSSR count). The predicted molar refractivity (Wildman–Crippen MR) is 215 cm³/mol. The Labute approximate surface area is 335 Å². The van der Waals surface area contributed by atoms with E-state index in [0.29, 0.717) is 5.39 Å². The Balaban J connectivity index is 1.38. The maximum Gasteiger partial charge on any atom is 0.296 e. The maximum atomic E-state index is 12.0. The van der Waals surface area contributed by atoms with Gasteiger partial charge in [-0.05, 0) is 72.1 Å². The standard InChI is InChI=1S/C33H29N7O15S4/c1-55-29-15-26(38-40-32-31(59(52,53)54)11-16-10-30(58(49,50)51)23(34)13-21(16)33(32)42)28(41)14-27(29)39-37-25-9-8-24(20-7-6-19(12-22(20)25)57(46,47)48)36-35-17-2-4-18(5-3-17)56(43,44)45/h2-15,41-45,52-54H,34H2,1H3,(H,46,47,48)(H,49,50,51). The van der Waals surface area contributed by atoms with Crippen LogP contribution in [0, 0.1) is 0 Å². The van der Waals surface area contributed by atoms with Crippen molar-refractivity contribution in [3.8, 4) is 17.2 Å². The van der Waals surface area contributed by atoms with E-state index in [1.165, 1.54) is 49.6 Å². The predicted octanol–water partition coefficient (Wildman–Crippen LogP) is 9.90. The van der Waals surface area contributed by atoms with Crippen LogP contribution in [-0.2, 0) is 20.2 Å². The average molecular weight is 892 g/mol. The highest BCUT2D eigenvalue weighted by Crippen LogP contribution is 2.55. The monoisotopic (exact) mass is 891 g/mol. The lowest BCUT2D eigenvalue weighted by Gasteiger charge is -2.22. The summed E-state index contributed by atoms with van der Waals surface area (Å²) in [6.45, 7) is 0. The second-order valence-corrected chi connectivity index (χ2v) is 17.9. The van der Waals surface area contributed by atoms with Gasteiger partial charge in [-0.2, -0.15) is 21.9 Å². The first-order valence-electron chi connectivity index (χ1n) is 15.8. The van der Waals surface area contributed by atoms with E-state index in [2.05, 4.69) is 30.7 Å². The third kappa shape index (κ3) is 9.23. The molecule has 0 aliphatic heterocycles. The minimum atomic E-state index is -4.85. The first-order valence-corrected chi connectivity index (χ1v) is 21.7. The van der Waals surface area contributed by atoms with Crippen molar-refractivity contribution in [2.24, 2.45) is 30.7 Å². The van der Waals surface area contributed by atoms with Crippen LogP contribution in [0.3, 0.4) is 0 Å². The van der Waals surface area contributed by atoms with Crippen molar-refractivity contribution in [1.29, 1.82) is 0 Å². The van der Waals surface area contributed by atoms with Crippen molar-refractivity contribution in [1.82, 2.24) is 0 Å². The van der Waals surface area contributed by atoms with E-state index in [1.54, 1.807) is 0 Å². The maximum absolute atomic E-state index is 12.0. The first kappa shape index (κ1) is 42.7. The quantitative estimate of drug-likeness (QED) is 0.0327. The largest absolute Gasteiger partial charge is 0.506 e. The van der Waals surface area contributed by atoms with Gasteiger partial charge in [0.05, 0.1) is 44.5 Å². The average Bonchev–Trinajstić information content (AvgIpc) is 3.14. The third-order valence-electron chi connectivity index (χ3n) is 8.22. The molecule has 0 unspecified atom stereocenters. The molecule has 0 fully saturated rings. The number of methoxy groups -OCH3 is 1. The van der Waals surface area contributed by atoms with Gasteiger partial charge in [0.2, 0.25) is 0 Å². The highest BCUT2D eigenvalue weighted by Gasteiger charge is 2.27. The molecule has 0 spiro atoms. The fourth-order valence-electron chi connectivity index (χ4n) is 5.44. The van der Waals surface area contributed by atoms with Gasteiger partial charge in [-0.3, -0.25) is 9.11 Å². The Hall–Kier alpha value is -5.88. The van der Waals surface area contributed by atoms with E-state index >= 15 is 0 Å². The third-order valence-corrected chi connectivity index (χ3v) is 11.8. The number of ether oxygens (including phenoxy) is 1. The second-order valence-electron chi connectivity index (χ2n) is 12.1. The number of nitrogen functional groups attached to an aromatic ring is 1. The van der Waals surface area contributed by atoms with Gasteiger partial charge in [0.1, 0.15) is 55.2 Å². The molecule has 0 atom stereocenters. The molecule has 0 aromatic heterocycles. The highest BCUT2D eigenvalue weighted by molar-refractivity contribution is 8.19. The molecule has 0 aliphatic rings. The molecule has 59 heavy (non-hydrogen) atoms. The molecule has 0 bridgehead atoms. The summed E-state index contributed by atoms with van der Waals surface area (Å²) in [6, 6.07) is 16.4. The summed E-state index contributed by atoms with van der Waals surface area (Å²) in [4.78, 5) is -2.22. The minimum Gasteiger partial charge on any atom is -0.506 e. The molecule has 0 amide bonds. The number of aromatic hydroxyl groups is 2. The van der Waals surface area contributed by atoms with Crippen molar-refractivity contribution in [3.63, 3.8) is 0 Å². The zero-order valence-electron chi connectivity index (χ0n) is 29.5. The Morgan fingerprint density at radius 1 is 0.525 bits per heavy atom. The molecule has 0 saturated carbocycles. The van der Waals surface area contributed by atoms with E-state index in [-0.39, 0.29) is 55.2 Å². The molecular formula is C33H29N7O15S4. The van der Waals surface area contributed by atoms with E-state index in [9.17, 15) is 63.5 Å². The smallest absolute Gasteiger partial charge is 0.296 e. The molecule has 12 N–H and O–H groups in total. The van der Waals surface area contributed by atoms with Crippen molar-refractivity contribution in [2.75, 3.05) is 12.8 Å². The van der Waals surface area contributed by atoms with Crippen LogP contribution in [0.15, 0.2) is 135 Å². The number of fused-ring (bicyclic) bond motifs is 2. The summed E-state index contributed by atoms with van der Waals surface area (Å²) in [5.41, 5.74) is 4.56. The Bertz CT molecular complexity index is 2990. The van der Waals surface area contributed by atoms with Crippen LogP contribution in [0.5, 0.6) is 17.2 Å². The zero-order valence-corrected chi connectivity index (χ0v) is 32.8. The summed E-state index contributed by atoms with van der Waals surface area (Å²) >= 11 is 0. The molecule has 0 heterocycles.